The van der Waals surface area contributed by atoms with Gasteiger partial charge < -0.3 is 15.1 Å². The van der Waals surface area contributed by atoms with Gasteiger partial charge in [-0.2, -0.15) is 0 Å². The predicted molar refractivity (Wildman–Crippen MR) is 97.2 cm³/mol. The summed E-state index contributed by atoms with van der Waals surface area (Å²) in [7, 11) is -1.51. The normalized spacial score (nSPS) is 18.1. The number of halogens is 1. The molecule has 1 aliphatic rings. The fraction of sp³-hybridized carbons (Fsp3) is 0.588. The molecule has 1 aromatic carbocycles. The van der Waals surface area contributed by atoms with Gasteiger partial charge in [0.15, 0.2) is 0 Å². The maximum absolute atomic E-state index is 13.3. The first-order valence-electron chi connectivity index (χ1n) is 8.36. The molecule has 1 aromatic rings. The first-order chi connectivity index (χ1) is 11.7. The summed E-state index contributed by atoms with van der Waals surface area (Å²) in [5.41, 5.74) is 1.85. The van der Waals surface area contributed by atoms with Crippen LogP contribution >= 0.6 is 0 Å². The smallest absolute Gasteiger partial charge is 0.317 e. The number of hydrogen-bond acceptors (Lipinski definition) is 4. The van der Waals surface area contributed by atoms with Crippen LogP contribution in [0.3, 0.4) is 0 Å². The molecule has 0 bridgehead atoms. The standard InChI is InChI=1S/C17H26FN3O3S/c1-13-11-14(18)6-7-16(13)21-8-4-5-15(12-21)19-17(22)20(2)9-10-25(3,23)24/h6-7,11,15H,4-5,8-10,12H2,1-3H3,(H,19,22). The van der Waals surface area contributed by atoms with E-state index in [9.17, 15) is 17.6 Å². The molecule has 2 amide bonds. The predicted octanol–water partition coefficient (Wildman–Crippen LogP) is 1.79. The molecule has 1 N–H and O–H groups in total. The Kier molecular flexibility index (Phi) is 6.26. The second kappa shape index (κ2) is 8.03. The number of sulfone groups is 1. The maximum atomic E-state index is 13.3. The summed E-state index contributed by atoms with van der Waals surface area (Å²) in [6.45, 7) is 3.55. The summed E-state index contributed by atoms with van der Waals surface area (Å²) in [6.07, 6.45) is 2.94. The van der Waals surface area contributed by atoms with Crippen LogP contribution in [0.5, 0.6) is 0 Å². The van der Waals surface area contributed by atoms with Crippen molar-refractivity contribution in [3.63, 3.8) is 0 Å². The third kappa shape index (κ3) is 5.88. The Labute approximate surface area is 148 Å². The number of aryl methyl sites for hydroxylation is 1. The van der Waals surface area contributed by atoms with Gasteiger partial charge in [0.25, 0.3) is 0 Å². The molecule has 1 heterocycles. The van der Waals surface area contributed by atoms with Crippen molar-refractivity contribution in [3.8, 4) is 0 Å². The molecule has 2 rings (SSSR count). The number of carbonyl (C=O) groups excluding carboxylic acids is 1. The van der Waals surface area contributed by atoms with E-state index in [-0.39, 0.29) is 30.2 Å². The minimum absolute atomic E-state index is 0.0219. The Hall–Kier alpha value is -1.83. The quantitative estimate of drug-likeness (QED) is 0.857. The molecule has 25 heavy (non-hydrogen) atoms. The first-order valence-corrected chi connectivity index (χ1v) is 10.4. The molecule has 1 atom stereocenters. The number of amides is 2. The summed E-state index contributed by atoms with van der Waals surface area (Å²) in [6, 6.07) is 4.44. The lowest BCUT2D eigenvalue weighted by atomic mass is 10.0. The summed E-state index contributed by atoms with van der Waals surface area (Å²) in [5.74, 6) is -0.307. The van der Waals surface area contributed by atoms with E-state index in [4.69, 9.17) is 0 Å². The molecule has 0 aliphatic carbocycles. The Bertz CT molecular complexity index is 724. The van der Waals surface area contributed by atoms with E-state index < -0.39 is 9.84 Å². The van der Waals surface area contributed by atoms with Gasteiger partial charge in [0.05, 0.1) is 5.75 Å². The van der Waals surface area contributed by atoms with Gasteiger partial charge in [-0.3, -0.25) is 0 Å². The van der Waals surface area contributed by atoms with Crippen molar-refractivity contribution in [2.24, 2.45) is 0 Å². The minimum atomic E-state index is -3.10. The molecule has 8 heteroatoms. The fourth-order valence-electron chi connectivity index (χ4n) is 2.98. The zero-order chi connectivity index (χ0) is 18.6. The number of nitrogens with one attached hydrogen (secondary N) is 1. The minimum Gasteiger partial charge on any atom is -0.369 e. The van der Waals surface area contributed by atoms with Crippen LogP contribution in [-0.2, 0) is 9.84 Å². The van der Waals surface area contributed by atoms with Gasteiger partial charge in [-0.05, 0) is 43.5 Å². The van der Waals surface area contributed by atoms with Crippen LogP contribution in [0.4, 0.5) is 14.9 Å². The third-order valence-electron chi connectivity index (χ3n) is 4.39. The highest BCUT2D eigenvalue weighted by atomic mass is 32.2. The van der Waals surface area contributed by atoms with Crippen LogP contribution in [0.15, 0.2) is 18.2 Å². The van der Waals surface area contributed by atoms with E-state index in [2.05, 4.69) is 10.2 Å². The SMILES string of the molecule is Cc1cc(F)ccc1N1CCCC(NC(=O)N(C)CCS(C)(=O)=O)C1. The summed E-state index contributed by atoms with van der Waals surface area (Å²) in [5, 5.41) is 2.96. The number of nitrogens with zero attached hydrogens (tertiary/aromatic N) is 2. The molecule has 0 aromatic heterocycles. The average molecular weight is 371 g/mol. The number of urea groups is 1. The molecule has 1 unspecified atom stereocenters. The van der Waals surface area contributed by atoms with Gasteiger partial charge >= 0.3 is 6.03 Å². The van der Waals surface area contributed by atoms with E-state index in [0.29, 0.717) is 6.54 Å². The molecule has 1 saturated heterocycles. The molecule has 0 radical (unpaired) electrons. The van der Waals surface area contributed by atoms with Crippen molar-refractivity contribution in [2.75, 3.05) is 43.6 Å². The average Bonchev–Trinajstić information content (AvgIpc) is 2.52. The number of anilines is 1. The van der Waals surface area contributed by atoms with Crippen molar-refractivity contribution >= 4 is 21.6 Å². The molecule has 1 fully saturated rings. The molecule has 1 aliphatic heterocycles. The molecule has 6 nitrogen and oxygen atoms in total. The van der Waals surface area contributed by atoms with Crippen molar-refractivity contribution in [2.45, 2.75) is 25.8 Å². The van der Waals surface area contributed by atoms with Gasteiger partial charge in [-0.1, -0.05) is 0 Å². The Morgan fingerprint density at radius 2 is 2.16 bits per heavy atom. The maximum Gasteiger partial charge on any atom is 0.317 e. The van der Waals surface area contributed by atoms with E-state index in [1.165, 1.54) is 17.0 Å². The summed E-state index contributed by atoms with van der Waals surface area (Å²) < 4.78 is 35.7. The lowest BCUT2D eigenvalue weighted by Crippen LogP contribution is -2.51. The first kappa shape index (κ1) is 19.5. The molecule has 140 valence electrons. The molecule has 0 saturated carbocycles. The van der Waals surface area contributed by atoms with Gasteiger partial charge in [0.2, 0.25) is 0 Å². The number of hydrogen-bond donors (Lipinski definition) is 1. The van der Waals surface area contributed by atoms with Crippen LogP contribution in [-0.4, -0.2) is 64.1 Å². The lowest BCUT2D eigenvalue weighted by Gasteiger charge is -2.36. The van der Waals surface area contributed by atoms with Gasteiger partial charge in [0, 0.05) is 44.7 Å². The van der Waals surface area contributed by atoms with Crippen LogP contribution in [0, 0.1) is 12.7 Å². The topological polar surface area (TPSA) is 69.7 Å². The van der Waals surface area contributed by atoms with Crippen molar-refractivity contribution in [3.05, 3.63) is 29.6 Å². The van der Waals surface area contributed by atoms with Crippen LogP contribution in [0.1, 0.15) is 18.4 Å². The van der Waals surface area contributed by atoms with Crippen LogP contribution in [0.2, 0.25) is 0 Å². The molecular weight excluding hydrogens is 345 g/mol. The van der Waals surface area contributed by atoms with Crippen molar-refractivity contribution in [1.29, 1.82) is 0 Å². The highest BCUT2D eigenvalue weighted by Crippen LogP contribution is 2.24. The van der Waals surface area contributed by atoms with Crippen LogP contribution < -0.4 is 10.2 Å². The molecular formula is C17H26FN3O3S. The Morgan fingerprint density at radius 3 is 2.80 bits per heavy atom. The largest absolute Gasteiger partial charge is 0.369 e. The highest BCUT2D eigenvalue weighted by molar-refractivity contribution is 7.90. The van der Waals surface area contributed by atoms with E-state index in [1.54, 1.807) is 13.1 Å². The zero-order valence-electron chi connectivity index (χ0n) is 15.0. The number of piperidine rings is 1. The lowest BCUT2D eigenvalue weighted by molar-refractivity contribution is 0.205. The third-order valence-corrected chi connectivity index (χ3v) is 5.32. The van der Waals surface area contributed by atoms with E-state index >= 15 is 0 Å². The number of carbonyl (C=O) groups is 1. The van der Waals surface area contributed by atoms with Gasteiger partial charge in [0.1, 0.15) is 15.7 Å². The molecule has 0 spiro atoms. The second-order valence-electron chi connectivity index (χ2n) is 6.72. The van der Waals surface area contributed by atoms with Gasteiger partial charge in [-0.25, -0.2) is 17.6 Å². The van der Waals surface area contributed by atoms with Crippen molar-refractivity contribution < 1.29 is 17.6 Å². The summed E-state index contributed by atoms with van der Waals surface area (Å²) >= 11 is 0. The number of rotatable bonds is 5. The fourth-order valence-corrected chi connectivity index (χ4v) is 3.58. The monoisotopic (exact) mass is 371 g/mol. The summed E-state index contributed by atoms with van der Waals surface area (Å²) in [4.78, 5) is 15.8. The zero-order valence-corrected chi connectivity index (χ0v) is 15.8. The van der Waals surface area contributed by atoms with E-state index in [0.717, 1.165) is 36.9 Å². The second-order valence-corrected chi connectivity index (χ2v) is 8.98. The van der Waals surface area contributed by atoms with E-state index in [1.807, 2.05) is 6.92 Å². The van der Waals surface area contributed by atoms with Crippen molar-refractivity contribution in [1.82, 2.24) is 10.2 Å². The van der Waals surface area contributed by atoms with Gasteiger partial charge in [-0.15, -0.1) is 0 Å². The van der Waals surface area contributed by atoms with Crippen LogP contribution in [0.25, 0.3) is 0 Å². The Balaban J connectivity index is 1.93. The highest BCUT2D eigenvalue weighted by Gasteiger charge is 2.24. The number of benzene rings is 1. The Morgan fingerprint density at radius 1 is 1.44 bits per heavy atom.